The van der Waals surface area contributed by atoms with E-state index >= 15 is 0 Å². The van der Waals surface area contributed by atoms with Crippen molar-refractivity contribution in [2.75, 3.05) is 19.0 Å². The van der Waals surface area contributed by atoms with Crippen LogP contribution in [0.4, 0.5) is 5.82 Å². The quantitative estimate of drug-likeness (QED) is 0.837. The predicted molar refractivity (Wildman–Crippen MR) is 65.9 cm³/mol. The number of aromatic nitrogens is 2. The number of esters is 1. The molecule has 0 spiro atoms. The van der Waals surface area contributed by atoms with Crippen LogP contribution in [0.25, 0.3) is 10.6 Å². The number of carbonyl (C=O) groups is 1. The number of nitrogens with one attached hydrogen (secondary N) is 1. The zero-order chi connectivity index (χ0) is 12.1. The smallest absolute Gasteiger partial charge is 0.325 e. The molecule has 0 atom stereocenters. The van der Waals surface area contributed by atoms with Crippen LogP contribution in [0.5, 0.6) is 0 Å². The zero-order valence-electron chi connectivity index (χ0n) is 9.21. The minimum atomic E-state index is -0.332. The number of hydrogen-bond donors (Lipinski definition) is 1. The molecule has 2 rings (SSSR count). The van der Waals surface area contributed by atoms with Crippen LogP contribution in [0.2, 0.25) is 0 Å². The number of thiophene rings is 1. The Kier molecular flexibility index (Phi) is 3.66. The van der Waals surface area contributed by atoms with E-state index < -0.39 is 0 Å². The molecule has 0 aromatic carbocycles. The second-order valence-corrected chi connectivity index (χ2v) is 4.14. The third-order valence-corrected chi connectivity index (χ3v) is 2.97. The molecule has 0 amide bonds. The summed E-state index contributed by atoms with van der Waals surface area (Å²) in [5.74, 6) is 0.273. The third kappa shape index (κ3) is 3.01. The average molecular weight is 249 g/mol. The fourth-order valence-corrected chi connectivity index (χ4v) is 1.94. The second-order valence-electron chi connectivity index (χ2n) is 3.20. The van der Waals surface area contributed by atoms with Gasteiger partial charge >= 0.3 is 5.97 Å². The number of methoxy groups -OCH3 is 1. The van der Waals surface area contributed by atoms with Crippen molar-refractivity contribution in [3.05, 3.63) is 29.9 Å². The van der Waals surface area contributed by atoms with Crippen molar-refractivity contribution in [1.29, 1.82) is 0 Å². The fourth-order valence-electron chi connectivity index (χ4n) is 1.25. The number of carbonyl (C=O) groups excluding carboxylic acids is 1. The van der Waals surface area contributed by atoms with Crippen LogP contribution < -0.4 is 5.32 Å². The second kappa shape index (κ2) is 5.40. The van der Waals surface area contributed by atoms with Crippen molar-refractivity contribution in [1.82, 2.24) is 9.97 Å². The van der Waals surface area contributed by atoms with Crippen LogP contribution >= 0.6 is 11.3 Å². The molecule has 2 aromatic heterocycles. The Balaban J connectivity index is 2.09. The standard InChI is InChI=1S/C11H11N3O2S/c1-16-11(15)6-12-10-5-8(13-7-14-10)9-3-2-4-17-9/h2-5,7H,6H2,1H3,(H,12,13,14). The minimum absolute atomic E-state index is 0.0946. The summed E-state index contributed by atoms with van der Waals surface area (Å²) in [4.78, 5) is 20.2. The first-order valence-electron chi connectivity index (χ1n) is 4.96. The molecule has 0 fully saturated rings. The molecular formula is C11H11N3O2S. The predicted octanol–water partition coefficient (Wildman–Crippen LogP) is 1.79. The number of nitrogens with zero attached hydrogens (tertiary/aromatic N) is 2. The van der Waals surface area contributed by atoms with E-state index in [9.17, 15) is 4.79 Å². The maximum Gasteiger partial charge on any atom is 0.325 e. The highest BCUT2D eigenvalue weighted by atomic mass is 32.1. The third-order valence-electron chi connectivity index (χ3n) is 2.08. The Morgan fingerprint density at radius 3 is 3.12 bits per heavy atom. The Morgan fingerprint density at radius 1 is 1.53 bits per heavy atom. The van der Waals surface area contributed by atoms with Gasteiger partial charge < -0.3 is 10.1 Å². The van der Waals surface area contributed by atoms with E-state index in [0.717, 1.165) is 10.6 Å². The molecule has 0 bridgehead atoms. The maximum atomic E-state index is 11.0. The van der Waals surface area contributed by atoms with E-state index in [4.69, 9.17) is 0 Å². The van der Waals surface area contributed by atoms with Crippen molar-refractivity contribution >= 4 is 23.1 Å². The molecule has 0 aliphatic rings. The Morgan fingerprint density at radius 2 is 2.41 bits per heavy atom. The first kappa shape index (κ1) is 11.5. The Hall–Kier alpha value is -1.95. The first-order valence-corrected chi connectivity index (χ1v) is 5.84. The number of anilines is 1. The first-order chi connectivity index (χ1) is 8.29. The largest absolute Gasteiger partial charge is 0.468 e. The van der Waals surface area contributed by atoms with Gasteiger partial charge in [-0.2, -0.15) is 0 Å². The number of rotatable bonds is 4. The minimum Gasteiger partial charge on any atom is -0.468 e. The molecule has 17 heavy (non-hydrogen) atoms. The molecule has 6 heteroatoms. The van der Waals surface area contributed by atoms with Gasteiger partial charge in [-0.15, -0.1) is 11.3 Å². The highest BCUT2D eigenvalue weighted by molar-refractivity contribution is 7.13. The van der Waals surface area contributed by atoms with Crippen LogP contribution in [-0.4, -0.2) is 29.6 Å². The molecule has 1 N–H and O–H groups in total. The molecule has 88 valence electrons. The topological polar surface area (TPSA) is 64.1 Å². The van der Waals surface area contributed by atoms with Gasteiger partial charge in [-0.25, -0.2) is 9.97 Å². The molecule has 2 aromatic rings. The van der Waals surface area contributed by atoms with Crippen molar-refractivity contribution in [2.24, 2.45) is 0 Å². The summed E-state index contributed by atoms with van der Waals surface area (Å²) in [7, 11) is 1.35. The van der Waals surface area contributed by atoms with Gasteiger partial charge in [0.1, 0.15) is 18.7 Å². The van der Waals surface area contributed by atoms with Crippen LogP contribution in [0.3, 0.4) is 0 Å². The van der Waals surface area contributed by atoms with E-state index in [1.54, 1.807) is 17.4 Å². The highest BCUT2D eigenvalue weighted by Gasteiger charge is 2.04. The van der Waals surface area contributed by atoms with Gasteiger partial charge in [0.2, 0.25) is 0 Å². The highest BCUT2D eigenvalue weighted by Crippen LogP contribution is 2.23. The Bertz CT molecular complexity index is 499. The van der Waals surface area contributed by atoms with Gasteiger partial charge in [-0.1, -0.05) is 6.07 Å². The van der Waals surface area contributed by atoms with Crippen LogP contribution in [0, 0.1) is 0 Å². The molecule has 0 aliphatic heterocycles. The summed E-state index contributed by atoms with van der Waals surface area (Å²) in [6.45, 7) is 0.0946. The van der Waals surface area contributed by atoms with Gasteiger partial charge in [0.05, 0.1) is 17.7 Å². The van der Waals surface area contributed by atoms with Crippen molar-refractivity contribution in [3.8, 4) is 10.6 Å². The summed E-state index contributed by atoms with van der Waals surface area (Å²) in [5.41, 5.74) is 0.836. The lowest BCUT2D eigenvalue weighted by molar-refractivity contribution is -0.138. The summed E-state index contributed by atoms with van der Waals surface area (Å²) in [6.07, 6.45) is 1.47. The lowest BCUT2D eigenvalue weighted by atomic mass is 10.3. The molecule has 0 saturated heterocycles. The van der Waals surface area contributed by atoms with Crippen molar-refractivity contribution in [3.63, 3.8) is 0 Å². The van der Waals surface area contributed by atoms with E-state index in [1.165, 1.54) is 13.4 Å². The lowest BCUT2D eigenvalue weighted by Crippen LogP contribution is -2.15. The van der Waals surface area contributed by atoms with Crippen LogP contribution in [-0.2, 0) is 9.53 Å². The van der Waals surface area contributed by atoms with Gasteiger partial charge in [-0.3, -0.25) is 4.79 Å². The van der Waals surface area contributed by atoms with Gasteiger partial charge in [0, 0.05) is 6.07 Å². The molecule has 0 unspecified atom stereocenters. The van der Waals surface area contributed by atoms with Crippen LogP contribution in [0.1, 0.15) is 0 Å². The molecule has 0 radical (unpaired) electrons. The van der Waals surface area contributed by atoms with E-state index in [0.29, 0.717) is 5.82 Å². The van der Waals surface area contributed by atoms with E-state index in [1.807, 2.05) is 17.5 Å². The molecule has 2 heterocycles. The van der Waals surface area contributed by atoms with Gasteiger partial charge in [0.25, 0.3) is 0 Å². The monoisotopic (exact) mass is 249 g/mol. The van der Waals surface area contributed by atoms with Crippen molar-refractivity contribution < 1.29 is 9.53 Å². The van der Waals surface area contributed by atoms with Gasteiger partial charge in [-0.05, 0) is 11.4 Å². The van der Waals surface area contributed by atoms with Crippen LogP contribution in [0.15, 0.2) is 29.9 Å². The fraction of sp³-hybridized carbons (Fsp3) is 0.182. The summed E-state index contributed by atoms with van der Waals surface area (Å²) < 4.78 is 4.53. The normalized spacial score (nSPS) is 9.94. The zero-order valence-corrected chi connectivity index (χ0v) is 10.0. The summed E-state index contributed by atoms with van der Waals surface area (Å²) in [5, 5.41) is 4.86. The number of ether oxygens (including phenoxy) is 1. The Labute approximate surface area is 102 Å². The maximum absolute atomic E-state index is 11.0. The van der Waals surface area contributed by atoms with Crippen molar-refractivity contribution in [2.45, 2.75) is 0 Å². The molecular weight excluding hydrogens is 238 g/mol. The molecule has 0 saturated carbocycles. The average Bonchev–Trinajstić information content (AvgIpc) is 2.90. The lowest BCUT2D eigenvalue weighted by Gasteiger charge is -2.04. The van der Waals surface area contributed by atoms with E-state index in [-0.39, 0.29) is 12.5 Å². The van der Waals surface area contributed by atoms with Gasteiger partial charge in [0.15, 0.2) is 0 Å². The van der Waals surface area contributed by atoms with E-state index in [2.05, 4.69) is 20.0 Å². The summed E-state index contributed by atoms with van der Waals surface area (Å²) >= 11 is 1.60. The summed E-state index contributed by atoms with van der Waals surface area (Å²) in [6, 6.07) is 5.75. The molecule has 0 aliphatic carbocycles. The number of hydrogen-bond acceptors (Lipinski definition) is 6. The SMILES string of the molecule is COC(=O)CNc1cc(-c2cccs2)ncn1. The molecule has 5 nitrogen and oxygen atoms in total.